The standard InChI is InChI=1S/C12H14BrNO/c13-8-11-6-7-12(15)14(11)9-10-4-2-1-3-5-10/h1-5,11H,6-9H2. The van der Waals surface area contributed by atoms with Crippen LogP contribution in [-0.4, -0.2) is 22.2 Å². The Balaban J connectivity index is 2.07. The summed E-state index contributed by atoms with van der Waals surface area (Å²) in [4.78, 5) is 13.6. The van der Waals surface area contributed by atoms with Crippen molar-refractivity contribution in [1.82, 2.24) is 4.90 Å². The molecule has 2 rings (SSSR count). The summed E-state index contributed by atoms with van der Waals surface area (Å²) in [6.07, 6.45) is 1.68. The number of hydrogen-bond acceptors (Lipinski definition) is 1. The lowest BCUT2D eigenvalue weighted by molar-refractivity contribution is -0.129. The summed E-state index contributed by atoms with van der Waals surface area (Å²) < 4.78 is 0. The van der Waals surface area contributed by atoms with E-state index in [2.05, 4.69) is 28.1 Å². The average Bonchev–Trinajstić information content (AvgIpc) is 2.62. The number of alkyl halides is 1. The molecule has 1 aromatic rings. The van der Waals surface area contributed by atoms with Gasteiger partial charge in [0, 0.05) is 24.3 Å². The van der Waals surface area contributed by atoms with Crippen molar-refractivity contribution in [3.63, 3.8) is 0 Å². The third-order valence-corrected chi connectivity index (χ3v) is 3.57. The summed E-state index contributed by atoms with van der Waals surface area (Å²) in [7, 11) is 0. The van der Waals surface area contributed by atoms with Crippen LogP contribution in [0.15, 0.2) is 30.3 Å². The smallest absolute Gasteiger partial charge is 0.223 e. The van der Waals surface area contributed by atoms with E-state index in [4.69, 9.17) is 0 Å². The molecule has 1 aliphatic rings. The second-order valence-electron chi connectivity index (χ2n) is 3.85. The summed E-state index contributed by atoms with van der Waals surface area (Å²) in [5.41, 5.74) is 1.21. The Labute approximate surface area is 98.4 Å². The number of carbonyl (C=O) groups excluding carboxylic acids is 1. The van der Waals surface area contributed by atoms with Crippen LogP contribution in [0.3, 0.4) is 0 Å². The summed E-state index contributed by atoms with van der Waals surface area (Å²) in [5.74, 6) is 0.281. The molecule has 1 unspecified atom stereocenters. The van der Waals surface area contributed by atoms with Gasteiger partial charge in [-0.3, -0.25) is 4.79 Å². The molecule has 0 bridgehead atoms. The van der Waals surface area contributed by atoms with Gasteiger partial charge in [-0.05, 0) is 12.0 Å². The predicted octanol–water partition coefficient (Wildman–Crippen LogP) is 2.57. The minimum absolute atomic E-state index is 0.281. The summed E-state index contributed by atoms with van der Waals surface area (Å²) in [6, 6.07) is 10.5. The fraction of sp³-hybridized carbons (Fsp3) is 0.417. The topological polar surface area (TPSA) is 20.3 Å². The molecule has 0 radical (unpaired) electrons. The highest BCUT2D eigenvalue weighted by Gasteiger charge is 2.29. The molecule has 1 amide bonds. The molecule has 1 aromatic carbocycles. The number of benzene rings is 1. The molecule has 1 atom stereocenters. The van der Waals surface area contributed by atoms with Crippen LogP contribution in [0.25, 0.3) is 0 Å². The van der Waals surface area contributed by atoms with E-state index in [-0.39, 0.29) is 5.91 Å². The molecule has 15 heavy (non-hydrogen) atoms. The molecule has 1 fully saturated rings. The molecule has 3 heteroatoms. The van der Waals surface area contributed by atoms with Gasteiger partial charge in [0.15, 0.2) is 0 Å². The lowest BCUT2D eigenvalue weighted by atomic mass is 10.2. The number of rotatable bonds is 3. The van der Waals surface area contributed by atoms with Gasteiger partial charge in [-0.25, -0.2) is 0 Å². The van der Waals surface area contributed by atoms with Crippen LogP contribution >= 0.6 is 15.9 Å². The highest BCUT2D eigenvalue weighted by molar-refractivity contribution is 9.09. The summed E-state index contributed by atoms with van der Waals surface area (Å²) in [5, 5.41) is 0.881. The molecule has 1 heterocycles. The van der Waals surface area contributed by atoms with E-state index in [0.29, 0.717) is 12.5 Å². The zero-order valence-corrected chi connectivity index (χ0v) is 10.1. The largest absolute Gasteiger partial charge is 0.335 e. The maximum Gasteiger partial charge on any atom is 0.223 e. The van der Waals surface area contributed by atoms with Crippen molar-refractivity contribution in [2.75, 3.05) is 5.33 Å². The quantitative estimate of drug-likeness (QED) is 0.771. The van der Waals surface area contributed by atoms with Gasteiger partial charge in [-0.15, -0.1) is 0 Å². The van der Waals surface area contributed by atoms with Crippen molar-refractivity contribution in [2.24, 2.45) is 0 Å². The SMILES string of the molecule is O=C1CCC(CBr)N1Cc1ccccc1. The molecular weight excluding hydrogens is 254 g/mol. The van der Waals surface area contributed by atoms with Crippen LogP contribution in [0.5, 0.6) is 0 Å². The Morgan fingerprint density at radius 1 is 1.33 bits per heavy atom. The van der Waals surface area contributed by atoms with Crippen molar-refractivity contribution in [3.8, 4) is 0 Å². The maximum absolute atomic E-state index is 11.7. The number of hydrogen-bond donors (Lipinski definition) is 0. The summed E-state index contributed by atoms with van der Waals surface area (Å²) >= 11 is 3.46. The third-order valence-electron chi connectivity index (χ3n) is 2.83. The van der Waals surface area contributed by atoms with Gasteiger partial charge in [0.25, 0.3) is 0 Å². The van der Waals surface area contributed by atoms with Crippen LogP contribution in [-0.2, 0) is 11.3 Å². The number of likely N-dealkylation sites (tertiary alicyclic amines) is 1. The number of nitrogens with zero attached hydrogens (tertiary/aromatic N) is 1. The van der Waals surface area contributed by atoms with Crippen LogP contribution in [0.4, 0.5) is 0 Å². The van der Waals surface area contributed by atoms with E-state index in [1.807, 2.05) is 23.1 Å². The highest BCUT2D eigenvalue weighted by atomic mass is 79.9. The van der Waals surface area contributed by atoms with E-state index >= 15 is 0 Å². The Bertz CT molecular complexity index is 339. The van der Waals surface area contributed by atoms with E-state index in [1.165, 1.54) is 5.56 Å². The first-order valence-electron chi connectivity index (χ1n) is 5.20. The van der Waals surface area contributed by atoms with Crippen LogP contribution < -0.4 is 0 Å². The minimum atomic E-state index is 0.281. The third kappa shape index (κ3) is 2.40. The fourth-order valence-electron chi connectivity index (χ4n) is 1.95. The van der Waals surface area contributed by atoms with Crippen LogP contribution in [0.2, 0.25) is 0 Å². The van der Waals surface area contributed by atoms with Gasteiger partial charge < -0.3 is 4.90 Å². The zero-order valence-electron chi connectivity index (χ0n) is 8.53. The van der Waals surface area contributed by atoms with Crippen molar-refractivity contribution < 1.29 is 4.79 Å². The van der Waals surface area contributed by atoms with Crippen molar-refractivity contribution in [3.05, 3.63) is 35.9 Å². The molecule has 1 aliphatic heterocycles. The molecule has 0 saturated carbocycles. The molecule has 1 saturated heterocycles. The van der Waals surface area contributed by atoms with Crippen molar-refractivity contribution in [1.29, 1.82) is 0 Å². The monoisotopic (exact) mass is 267 g/mol. The van der Waals surface area contributed by atoms with Gasteiger partial charge in [-0.1, -0.05) is 46.3 Å². The van der Waals surface area contributed by atoms with Crippen molar-refractivity contribution in [2.45, 2.75) is 25.4 Å². The Hall–Kier alpha value is -0.830. The molecule has 0 N–H and O–H groups in total. The minimum Gasteiger partial charge on any atom is -0.335 e. The predicted molar refractivity (Wildman–Crippen MR) is 63.8 cm³/mol. The van der Waals surface area contributed by atoms with Crippen LogP contribution in [0, 0.1) is 0 Å². The first kappa shape index (κ1) is 10.7. The molecule has 2 nitrogen and oxygen atoms in total. The van der Waals surface area contributed by atoms with E-state index < -0.39 is 0 Å². The maximum atomic E-state index is 11.7. The molecular formula is C12H14BrNO. The first-order chi connectivity index (χ1) is 7.31. The lowest BCUT2D eigenvalue weighted by Gasteiger charge is -2.23. The highest BCUT2D eigenvalue weighted by Crippen LogP contribution is 2.22. The Kier molecular flexibility index (Phi) is 3.41. The van der Waals surface area contributed by atoms with E-state index in [0.717, 1.165) is 18.3 Å². The molecule has 0 spiro atoms. The Morgan fingerprint density at radius 2 is 2.07 bits per heavy atom. The number of carbonyl (C=O) groups is 1. The summed E-state index contributed by atoms with van der Waals surface area (Å²) in [6.45, 7) is 0.746. The van der Waals surface area contributed by atoms with Crippen molar-refractivity contribution >= 4 is 21.8 Å². The number of halogens is 1. The fourth-order valence-corrected chi connectivity index (χ4v) is 2.62. The Morgan fingerprint density at radius 3 is 2.73 bits per heavy atom. The van der Waals surface area contributed by atoms with Gasteiger partial charge in [0.2, 0.25) is 5.91 Å². The van der Waals surface area contributed by atoms with Gasteiger partial charge in [-0.2, -0.15) is 0 Å². The second-order valence-corrected chi connectivity index (χ2v) is 4.50. The first-order valence-corrected chi connectivity index (χ1v) is 6.33. The number of amides is 1. The van der Waals surface area contributed by atoms with Gasteiger partial charge in [0.1, 0.15) is 0 Å². The molecule has 80 valence electrons. The molecule has 0 aromatic heterocycles. The second kappa shape index (κ2) is 4.79. The average molecular weight is 268 g/mol. The van der Waals surface area contributed by atoms with Crippen LogP contribution in [0.1, 0.15) is 18.4 Å². The van der Waals surface area contributed by atoms with Gasteiger partial charge in [0.05, 0.1) is 0 Å². The molecule has 0 aliphatic carbocycles. The van der Waals surface area contributed by atoms with E-state index in [1.54, 1.807) is 0 Å². The lowest BCUT2D eigenvalue weighted by Crippen LogP contribution is -2.33. The normalized spacial score (nSPS) is 21.0. The zero-order chi connectivity index (χ0) is 10.7. The van der Waals surface area contributed by atoms with Gasteiger partial charge >= 0.3 is 0 Å². The van der Waals surface area contributed by atoms with E-state index in [9.17, 15) is 4.79 Å².